The Morgan fingerprint density at radius 2 is 1.88 bits per heavy atom. The maximum absolute atomic E-state index is 13.1. The molecule has 1 aromatic rings. The SMILES string of the molecule is CC(C)(C)n1cnnc1C1CCC(F)(F)CC1. The summed E-state index contributed by atoms with van der Waals surface area (Å²) in [6.45, 7) is 6.20. The molecule has 1 aliphatic carbocycles. The Balaban J connectivity index is 2.17. The summed E-state index contributed by atoms with van der Waals surface area (Å²) in [5, 5.41) is 8.05. The molecule has 17 heavy (non-hydrogen) atoms. The molecule has 0 N–H and O–H groups in total. The van der Waals surface area contributed by atoms with Crippen molar-refractivity contribution in [1.82, 2.24) is 14.8 Å². The van der Waals surface area contributed by atoms with Gasteiger partial charge in [0.1, 0.15) is 12.2 Å². The lowest BCUT2D eigenvalue weighted by atomic mass is 9.86. The molecular weight excluding hydrogens is 224 g/mol. The summed E-state index contributed by atoms with van der Waals surface area (Å²) in [6, 6.07) is 0. The third-order valence-corrected chi connectivity index (χ3v) is 3.38. The number of alkyl halides is 2. The Labute approximate surface area is 100 Å². The number of aromatic nitrogens is 3. The average molecular weight is 243 g/mol. The number of hydrogen-bond donors (Lipinski definition) is 0. The van der Waals surface area contributed by atoms with E-state index in [1.54, 1.807) is 6.33 Å². The van der Waals surface area contributed by atoms with E-state index in [1.807, 2.05) is 4.57 Å². The van der Waals surface area contributed by atoms with E-state index in [9.17, 15) is 8.78 Å². The van der Waals surface area contributed by atoms with Gasteiger partial charge in [-0.1, -0.05) is 0 Å². The van der Waals surface area contributed by atoms with Gasteiger partial charge in [0.25, 0.3) is 0 Å². The van der Waals surface area contributed by atoms with Crippen molar-refractivity contribution in [2.75, 3.05) is 0 Å². The van der Waals surface area contributed by atoms with E-state index in [1.165, 1.54) is 0 Å². The summed E-state index contributed by atoms with van der Waals surface area (Å²) < 4.78 is 28.2. The zero-order valence-electron chi connectivity index (χ0n) is 10.6. The predicted octanol–water partition coefficient (Wildman–Crippen LogP) is 3.33. The van der Waals surface area contributed by atoms with Crippen molar-refractivity contribution in [2.45, 2.75) is 63.8 Å². The van der Waals surface area contributed by atoms with Crippen molar-refractivity contribution in [3.8, 4) is 0 Å². The third kappa shape index (κ3) is 2.64. The van der Waals surface area contributed by atoms with Crippen molar-refractivity contribution >= 4 is 0 Å². The Morgan fingerprint density at radius 3 is 2.41 bits per heavy atom. The van der Waals surface area contributed by atoms with Crippen molar-refractivity contribution in [3.05, 3.63) is 12.2 Å². The van der Waals surface area contributed by atoms with Crippen LogP contribution in [0.15, 0.2) is 6.33 Å². The lowest BCUT2D eigenvalue weighted by molar-refractivity contribution is -0.0391. The molecule has 5 heteroatoms. The van der Waals surface area contributed by atoms with Crippen LogP contribution in [-0.2, 0) is 5.54 Å². The molecule has 1 aromatic heterocycles. The van der Waals surface area contributed by atoms with Gasteiger partial charge in [-0.3, -0.25) is 0 Å². The van der Waals surface area contributed by atoms with E-state index in [4.69, 9.17) is 0 Å². The Kier molecular flexibility index (Phi) is 2.96. The Bertz CT molecular complexity index is 383. The van der Waals surface area contributed by atoms with Gasteiger partial charge in [-0.05, 0) is 33.6 Å². The molecule has 1 fully saturated rings. The van der Waals surface area contributed by atoms with E-state index in [0.29, 0.717) is 12.8 Å². The molecule has 3 nitrogen and oxygen atoms in total. The number of hydrogen-bond acceptors (Lipinski definition) is 2. The quantitative estimate of drug-likeness (QED) is 0.757. The van der Waals surface area contributed by atoms with E-state index >= 15 is 0 Å². The first-order valence-electron chi connectivity index (χ1n) is 6.08. The van der Waals surface area contributed by atoms with Gasteiger partial charge in [0.05, 0.1) is 0 Å². The van der Waals surface area contributed by atoms with Crippen LogP contribution in [0.25, 0.3) is 0 Å². The first-order valence-corrected chi connectivity index (χ1v) is 6.08. The van der Waals surface area contributed by atoms with Crippen molar-refractivity contribution in [2.24, 2.45) is 0 Å². The average Bonchev–Trinajstić information content (AvgIpc) is 2.65. The van der Waals surface area contributed by atoms with E-state index < -0.39 is 5.92 Å². The lowest BCUT2D eigenvalue weighted by Gasteiger charge is -2.30. The normalized spacial score (nSPS) is 21.7. The number of nitrogens with zero attached hydrogens (tertiary/aromatic N) is 3. The standard InChI is InChI=1S/C12H19F2N3/c1-11(2,3)17-8-15-16-10(17)9-4-6-12(13,14)7-5-9/h8-9H,4-7H2,1-3H3. The molecule has 0 aliphatic heterocycles. The monoisotopic (exact) mass is 243 g/mol. The summed E-state index contributed by atoms with van der Waals surface area (Å²) >= 11 is 0. The minimum absolute atomic E-state index is 0.0331. The van der Waals surface area contributed by atoms with Gasteiger partial charge in [-0.25, -0.2) is 8.78 Å². The van der Waals surface area contributed by atoms with E-state index in [2.05, 4.69) is 31.0 Å². The molecule has 0 radical (unpaired) electrons. The van der Waals surface area contributed by atoms with Crippen LogP contribution in [0.1, 0.15) is 58.2 Å². The first kappa shape index (κ1) is 12.5. The summed E-state index contributed by atoms with van der Waals surface area (Å²) in [4.78, 5) is 0. The van der Waals surface area contributed by atoms with Crippen LogP contribution in [0, 0.1) is 0 Å². The molecule has 2 rings (SSSR count). The zero-order chi connectivity index (χ0) is 12.7. The molecule has 0 amide bonds. The van der Waals surface area contributed by atoms with Crippen molar-refractivity contribution in [1.29, 1.82) is 0 Å². The summed E-state index contributed by atoms with van der Waals surface area (Å²) in [5.41, 5.74) is -0.0984. The largest absolute Gasteiger partial charge is 0.312 e. The van der Waals surface area contributed by atoms with Crippen LogP contribution in [0.5, 0.6) is 0 Å². The topological polar surface area (TPSA) is 30.7 Å². The zero-order valence-corrected chi connectivity index (χ0v) is 10.6. The fourth-order valence-corrected chi connectivity index (χ4v) is 2.34. The van der Waals surface area contributed by atoms with Crippen LogP contribution < -0.4 is 0 Å². The second-order valence-electron chi connectivity index (χ2n) is 5.86. The first-order chi connectivity index (χ1) is 7.80. The van der Waals surface area contributed by atoms with Crippen molar-refractivity contribution < 1.29 is 8.78 Å². The highest BCUT2D eigenvalue weighted by atomic mass is 19.3. The van der Waals surface area contributed by atoms with Gasteiger partial charge >= 0.3 is 0 Å². The second kappa shape index (κ2) is 4.03. The Morgan fingerprint density at radius 1 is 1.29 bits per heavy atom. The highest BCUT2D eigenvalue weighted by Crippen LogP contribution is 2.40. The maximum atomic E-state index is 13.1. The van der Waals surface area contributed by atoms with Gasteiger partial charge in [-0.15, -0.1) is 10.2 Å². The molecule has 1 aliphatic rings. The van der Waals surface area contributed by atoms with Gasteiger partial charge in [0.2, 0.25) is 5.92 Å². The van der Waals surface area contributed by atoms with Crippen LogP contribution in [0.4, 0.5) is 8.78 Å². The summed E-state index contributed by atoms with van der Waals surface area (Å²) in [7, 11) is 0. The van der Waals surface area contributed by atoms with Crippen LogP contribution in [0.2, 0.25) is 0 Å². The Hall–Kier alpha value is -1.00. The molecule has 0 unspecified atom stereocenters. The molecule has 1 heterocycles. The van der Waals surface area contributed by atoms with Gasteiger partial charge in [-0.2, -0.15) is 0 Å². The molecule has 1 saturated carbocycles. The van der Waals surface area contributed by atoms with E-state index in [-0.39, 0.29) is 24.3 Å². The highest BCUT2D eigenvalue weighted by molar-refractivity contribution is 5.02. The highest BCUT2D eigenvalue weighted by Gasteiger charge is 2.37. The molecule has 96 valence electrons. The fraction of sp³-hybridized carbons (Fsp3) is 0.833. The molecule has 0 aromatic carbocycles. The van der Waals surface area contributed by atoms with Gasteiger partial charge in [0.15, 0.2) is 0 Å². The van der Waals surface area contributed by atoms with Crippen LogP contribution in [0.3, 0.4) is 0 Å². The number of rotatable bonds is 1. The fourth-order valence-electron chi connectivity index (χ4n) is 2.34. The predicted molar refractivity (Wildman–Crippen MR) is 61.2 cm³/mol. The second-order valence-corrected chi connectivity index (χ2v) is 5.86. The molecule has 0 saturated heterocycles. The minimum atomic E-state index is -2.48. The summed E-state index contributed by atoms with van der Waals surface area (Å²) in [6.07, 6.45) is 2.63. The molecule has 0 atom stereocenters. The molecule has 0 bridgehead atoms. The smallest absolute Gasteiger partial charge is 0.248 e. The van der Waals surface area contributed by atoms with E-state index in [0.717, 1.165) is 5.82 Å². The minimum Gasteiger partial charge on any atom is -0.312 e. The van der Waals surface area contributed by atoms with Crippen molar-refractivity contribution in [3.63, 3.8) is 0 Å². The van der Waals surface area contributed by atoms with Gasteiger partial charge < -0.3 is 4.57 Å². The number of halogens is 2. The van der Waals surface area contributed by atoms with Gasteiger partial charge in [0, 0.05) is 24.3 Å². The molecular formula is C12H19F2N3. The summed E-state index contributed by atoms with van der Waals surface area (Å²) in [5.74, 6) is -1.51. The van der Waals surface area contributed by atoms with Crippen LogP contribution >= 0.6 is 0 Å². The maximum Gasteiger partial charge on any atom is 0.248 e. The van der Waals surface area contributed by atoms with Crippen LogP contribution in [-0.4, -0.2) is 20.7 Å². The lowest BCUT2D eigenvalue weighted by Crippen LogP contribution is -2.29. The third-order valence-electron chi connectivity index (χ3n) is 3.38. The molecule has 0 spiro atoms.